The Bertz CT molecular complexity index is 1060. The Morgan fingerprint density at radius 3 is 2.52 bits per heavy atom. The lowest BCUT2D eigenvalue weighted by atomic mass is 10.00. The Hall–Kier alpha value is -2.87. The van der Waals surface area contributed by atoms with Gasteiger partial charge in [-0.3, -0.25) is 4.79 Å². The molecular weight excluding hydrogens is 400 g/mol. The van der Waals surface area contributed by atoms with Crippen LogP contribution in [0.5, 0.6) is 5.75 Å². The second kappa shape index (κ2) is 9.09. The number of hydrogen-bond donors (Lipinski definition) is 1. The van der Waals surface area contributed by atoms with E-state index < -0.39 is 17.3 Å². The summed E-state index contributed by atoms with van der Waals surface area (Å²) >= 11 is 0.436. The largest absolute Gasteiger partial charge is 0.484 e. The number of halogens is 2. The van der Waals surface area contributed by atoms with Crippen molar-refractivity contribution in [3.8, 4) is 5.75 Å². The van der Waals surface area contributed by atoms with Gasteiger partial charge >= 0.3 is 5.63 Å². The molecule has 1 N–H and O–H groups in total. The fraction of sp³-hybridized carbons (Fsp3) is 0.238. The van der Waals surface area contributed by atoms with Crippen LogP contribution in [0.2, 0.25) is 0 Å². The van der Waals surface area contributed by atoms with Crippen LogP contribution in [-0.2, 0) is 4.79 Å². The molecule has 1 amide bonds. The average molecular weight is 419 g/mol. The number of hydrogen-bond acceptors (Lipinski definition) is 5. The van der Waals surface area contributed by atoms with E-state index in [4.69, 9.17) is 9.15 Å². The SMILES string of the molecule is CC(C)c1cc(=O)oc2cc(OCC(=O)Nc3ccc(SC(F)F)cc3)ccc12. The van der Waals surface area contributed by atoms with Gasteiger partial charge in [0, 0.05) is 28.1 Å². The first-order chi connectivity index (χ1) is 13.8. The number of thioether (sulfide) groups is 1. The van der Waals surface area contributed by atoms with Crippen LogP contribution >= 0.6 is 11.8 Å². The summed E-state index contributed by atoms with van der Waals surface area (Å²) in [6.07, 6.45) is 0. The lowest BCUT2D eigenvalue weighted by Crippen LogP contribution is -2.20. The number of amides is 1. The van der Waals surface area contributed by atoms with Crippen LogP contribution in [0.4, 0.5) is 14.5 Å². The first-order valence-corrected chi connectivity index (χ1v) is 9.75. The van der Waals surface area contributed by atoms with E-state index in [9.17, 15) is 18.4 Å². The first kappa shape index (κ1) is 20.9. The van der Waals surface area contributed by atoms with Crippen LogP contribution in [0.1, 0.15) is 25.3 Å². The molecule has 0 radical (unpaired) electrons. The van der Waals surface area contributed by atoms with E-state index in [0.717, 1.165) is 10.9 Å². The zero-order valence-corrected chi connectivity index (χ0v) is 16.6. The minimum absolute atomic E-state index is 0.157. The molecule has 0 spiro atoms. The quantitative estimate of drug-likeness (QED) is 0.419. The maximum absolute atomic E-state index is 12.3. The molecule has 0 aliphatic heterocycles. The molecule has 1 heterocycles. The summed E-state index contributed by atoms with van der Waals surface area (Å²) in [5.41, 5.74) is 1.31. The first-order valence-electron chi connectivity index (χ1n) is 8.87. The third kappa shape index (κ3) is 5.57. The lowest BCUT2D eigenvalue weighted by molar-refractivity contribution is -0.118. The predicted octanol–water partition coefficient (Wildman–Crippen LogP) is 5.25. The number of benzene rings is 2. The van der Waals surface area contributed by atoms with Crippen molar-refractivity contribution in [2.75, 3.05) is 11.9 Å². The topological polar surface area (TPSA) is 68.5 Å². The van der Waals surface area contributed by atoms with E-state index in [1.54, 1.807) is 30.3 Å². The molecular formula is C21H19F2NO4S. The molecule has 0 aliphatic carbocycles. The Morgan fingerprint density at radius 2 is 1.86 bits per heavy atom. The molecule has 0 aliphatic rings. The van der Waals surface area contributed by atoms with E-state index in [2.05, 4.69) is 5.32 Å². The van der Waals surface area contributed by atoms with Gasteiger partial charge in [0.05, 0.1) is 0 Å². The molecule has 29 heavy (non-hydrogen) atoms. The molecule has 0 fully saturated rings. The number of fused-ring (bicyclic) bond motifs is 1. The van der Waals surface area contributed by atoms with Crippen LogP contribution in [0.15, 0.2) is 62.6 Å². The van der Waals surface area contributed by atoms with Crippen molar-refractivity contribution in [3.05, 3.63) is 64.5 Å². The number of carbonyl (C=O) groups excluding carboxylic acids is 1. The normalized spacial score (nSPS) is 11.2. The van der Waals surface area contributed by atoms with Crippen LogP contribution in [0.25, 0.3) is 11.0 Å². The number of alkyl halides is 2. The zero-order valence-electron chi connectivity index (χ0n) is 15.8. The number of nitrogens with one attached hydrogen (secondary N) is 1. The van der Waals surface area contributed by atoms with Crippen LogP contribution in [0, 0.1) is 0 Å². The maximum Gasteiger partial charge on any atom is 0.336 e. The van der Waals surface area contributed by atoms with Crippen molar-refractivity contribution in [1.29, 1.82) is 0 Å². The molecule has 1 aromatic heterocycles. The monoisotopic (exact) mass is 419 g/mol. The highest BCUT2D eigenvalue weighted by Gasteiger charge is 2.11. The van der Waals surface area contributed by atoms with Crippen molar-refractivity contribution in [2.45, 2.75) is 30.4 Å². The molecule has 0 saturated carbocycles. The van der Waals surface area contributed by atoms with Crippen molar-refractivity contribution in [1.82, 2.24) is 0 Å². The summed E-state index contributed by atoms with van der Waals surface area (Å²) in [6.45, 7) is 3.72. The van der Waals surface area contributed by atoms with Gasteiger partial charge in [0.2, 0.25) is 0 Å². The standard InChI is InChI=1S/C21H19F2NO4S/c1-12(2)17-10-20(26)28-18-9-14(5-8-16(17)18)27-11-19(25)24-13-3-6-15(7-4-13)29-21(22)23/h3-10,12,21H,11H2,1-2H3,(H,24,25). The zero-order chi connectivity index (χ0) is 21.0. The van der Waals surface area contributed by atoms with Crippen molar-refractivity contribution < 1.29 is 22.7 Å². The summed E-state index contributed by atoms with van der Waals surface area (Å²) in [5.74, 6) is -2.35. The summed E-state index contributed by atoms with van der Waals surface area (Å²) in [6, 6.07) is 12.6. The molecule has 0 saturated heterocycles. The van der Waals surface area contributed by atoms with Crippen LogP contribution < -0.4 is 15.7 Å². The highest BCUT2D eigenvalue weighted by molar-refractivity contribution is 7.99. The highest BCUT2D eigenvalue weighted by Crippen LogP contribution is 2.27. The van der Waals surface area contributed by atoms with Crippen molar-refractivity contribution in [3.63, 3.8) is 0 Å². The summed E-state index contributed by atoms with van der Waals surface area (Å²) in [7, 11) is 0. The van der Waals surface area contributed by atoms with E-state index in [1.165, 1.54) is 18.2 Å². The van der Waals surface area contributed by atoms with Gasteiger partial charge in [-0.05, 0) is 47.9 Å². The van der Waals surface area contributed by atoms with Gasteiger partial charge in [-0.1, -0.05) is 25.6 Å². The van der Waals surface area contributed by atoms with E-state index >= 15 is 0 Å². The fourth-order valence-corrected chi connectivity index (χ4v) is 3.30. The van der Waals surface area contributed by atoms with Crippen LogP contribution in [-0.4, -0.2) is 18.3 Å². The Kier molecular flexibility index (Phi) is 6.53. The van der Waals surface area contributed by atoms with Gasteiger partial charge in [-0.15, -0.1) is 0 Å². The Labute approximate surface area is 170 Å². The molecule has 8 heteroatoms. The third-order valence-corrected chi connectivity index (χ3v) is 4.83. The maximum atomic E-state index is 12.3. The molecule has 0 unspecified atom stereocenters. The van der Waals surface area contributed by atoms with Gasteiger partial charge in [0.15, 0.2) is 6.61 Å². The van der Waals surface area contributed by atoms with Crippen molar-refractivity contribution in [2.24, 2.45) is 0 Å². The fourth-order valence-electron chi connectivity index (χ4n) is 2.80. The van der Waals surface area contributed by atoms with Crippen LogP contribution in [0.3, 0.4) is 0 Å². The minimum atomic E-state index is -2.49. The second-order valence-corrected chi connectivity index (χ2v) is 7.64. The Morgan fingerprint density at radius 1 is 1.14 bits per heavy atom. The minimum Gasteiger partial charge on any atom is -0.484 e. The Balaban J connectivity index is 1.64. The third-order valence-electron chi connectivity index (χ3n) is 4.10. The van der Waals surface area contributed by atoms with Crippen molar-refractivity contribution >= 4 is 34.3 Å². The predicted molar refractivity (Wildman–Crippen MR) is 109 cm³/mol. The number of rotatable bonds is 7. The summed E-state index contributed by atoms with van der Waals surface area (Å²) < 4.78 is 35.4. The number of carbonyl (C=O) groups is 1. The van der Waals surface area contributed by atoms with E-state index in [1.807, 2.05) is 13.8 Å². The molecule has 2 aromatic carbocycles. The molecule has 152 valence electrons. The van der Waals surface area contributed by atoms with Gasteiger partial charge in [-0.25, -0.2) is 4.79 Å². The second-order valence-electron chi connectivity index (χ2n) is 6.57. The van der Waals surface area contributed by atoms with Gasteiger partial charge in [-0.2, -0.15) is 8.78 Å². The summed E-state index contributed by atoms with van der Waals surface area (Å²) in [4.78, 5) is 24.2. The van der Waals surface area contributed by atoms with Gasteiger partial charge in [0.25, 0.3) is 11.7 Å². The lowest BCUT2D eigenvalue weighted by Gasteiger charge is -2.11. The molecule has 5 nitrogen and oxygen atoms in total. The molecule has 0 atom stereocenters. The highest BCUT2D eigenvalue weighted by atomic mass is 32.2. The van der Waals surface area contributed by atoms with E-state index in [0.29, 0.717) is 33.7 Å². The average Bonchev–Trinajstić information content (AvgIpc) is 2.66. The number of ether oxygens (including phenoxy) is 1. The summed E-state index contributed by atoms with van der Waals surface area (Å²) in [5, 5.41) is 3.45. The molecule has 0 bridgehead atoms. The molecule has 3 rings (SSSR count). The smallest absolute Gasteiger partial charge is 0.336 e. The molecule has 3 aromatic rings. The van der Waals surface area contributed by atoms with Gasteiger partial charge < -0.3 is 14.5 Å². The van der Waals surface area contributed by atoms with E-state index in [-0.39, 0.29) is 12.5 Å². The van der Waals surface area contributed by atoms with Gasteiger partial charge in [0.1, 0.15) is 11.3 Å². The number of anilines is 1.